The Morgan fingerprint density at radius 1 is 0.377 bits per heavy atom. The summed E-state index contributed by atoms with van der Waals surface area (Å²) in [6, 6.07) is 25.3. The van der Waals surface area contributed by atoms with Gasteiger partial charge in [-0.1, -0.05) is 0 Å². The number of epoxide rings is 4. The van der Waals surface area contributed by atoms with Gasteiger partial charge in [0.15, 0.2) is 0 Å². The molecule has 4 unspecified atom stereocenters. The van der Waals surface area contributed by atoms with Crippen LogP contribution in [0.1, 0.15) is 41.4 Å². The minimum atomic E-state index is -1.60. The monoisotopic (exact) mass is 840 g/mol. The molecule has 4 aliphatic rings. The number of hydrogen-bond donors (Lipinski definition) is 0. The number of esters is 4. The van der Waals surface area contributed by atoms with Gasteiger partial charge < -0.3 is 56.8 Å². The van der Waals surface area contributed by atoms with E-state index in [2.05, 4.69) is 0 Å². The molecule has 0 aliphatic carbocycles. The molecule has 16 heteroatoms. The third kappa shape index (κ3) is 12.9. The molecule has 0 bridgehead atoms. The van der Waals surface area contributed by atoms with E-state index < -0.39 is 55.7 Å². The summed E-state index contributed by atoms with van der Waals surface area (Å²) in [5, 5.41) is 0. The first kappa shape index (κ1) is 41.5. The molecule has 4 aromatic rings. The molecule has 0 radical (unpaired) electrons. The van der Waals surface area contributed by atoms with Crippen molar-refractivity contribution in [1.82, 2.24) is 0 Å². The lowest BCUT2D eigenvalue weighted by molar-refractivity contribution is -0.0641. The number of hydrogen-bond acceptors (Lipinski definition) is 16. The van der Waals surface area contributed by atoms with Crippen LogP contribution in [-0.2, 0) is 37.9 Å². The van der Waals surface area contributed by atoms with Crippen molar-refractivity contribution in [1.29, 1.82) is 0 Å². The van der Waals surface area contributed by atoms with Gasteiger partial charge in [-0.2, -0.15) is 0 Å². The average Bonchev–Trinajstić information content (AvgIpc) is 4.08. The Balaban J connectivity index is 0.987. The molecule has 4 atom stereocenters. The van der Waals surface area contributed by atoms with Crippen LogP contribution in [-0.4, -0.2) is 128 Å². The van der Waals surface area contributed by atoms with Gasteiger partial charge >= 0.3 is 23.9 Å². The van der Waals surface area contributed by atoms with E-state index in [1.807, 2.05) is 0 Å². The van der Waals surface area contributed by atoms with Crippen molar-refractivity contribution in [3.63, 3.8) is 0 Å². The van der Waals surface area contributed by atoms with Crippen molar-refractivity contribution in [2.24, 2.45) is 5.41 Å². The first-order valence-corrected chi connectivity index (χ1v) is 19.8. The van der Waals surface area contributed by atoms with Crippen LogP contribution in [0.25, 0.3) is 0 Å². The molecular formula is C45H44O16. The van der Waals surface area contributed by atoms with Crippen molar-refractivity contribution in [3.8, 4) is 23.0 Å². The average molecular weight is 841 g/mol. The van der Waals surface area contributed by atoms with Crippen LogP contribution in [0.5, 0.6) is 23.0 Å². The topological polar surface area (TPSA) is 192 Å². The van der Waals surface area contributed by atoms with Gasteiger partial charge in [-0.15, -0.1) is 0 Å². The molecule has 8 rings (SSSR count). The van der Waals surface area contributed by atoms with E-state index in [0.29, 0.717) is 75.9 Å². The quantitative estimate of drug-likeness (QED) is 0.0543. The summed E-state index contributed by atoms with van der Waals surface area (Å²) in [5.41, 5.74) is -0.834. The summed E-state index contributed by atoms with van der Waals surface area (Å²) in [4.78, 5) is 53.9. The first-order chi connectivity index (χ1) is 29.8. The number of ether oxygens (including phenoxy) is 12. The van der Waals surface area contributed by atoms with Crippen LogP contribution in [0.4, 0.5) is 0 Å². The summed E-state index contributed by atoms with van der Waals surface area (Å²) < 4.78 is 66.7. The zero-order valence-electron chi connectivity index (χ0n) is 33.1. The largest absolute Gasteiger partial charge is 0.491 e. The molecule has 16 nitrogen and oxygen atoms in total. The zero-order chi connectivity index (χ0) is 42.0. The smallest absolute Gasteiger partial charge is 0.338 e. The van der Waals surface area contributed by atoms with Gasteiger partial charge in [0.2, 0.25) is 0 Å². The lowest BCUT2D eigenvalue weighted by Crippen LogP contribution is -2.44. The van der Waals surface area contributed by atoms with Crippen molar-refractivity contribution in [2.75, 3.05) is 79.3 Å². The van der Waals surface area contributed by atoms with Gasteiger partial charge in [0.05, 0.1) is 48.7 Å². The fourth-order valence-corrected chi connectivity index (χ4v) is 5.62. The molecule has 0 amide bonds. The Morgan fingerprint density at radius 2 is 0.574 bits per heavy atom. The summed E-state index contributed by atoms with van der Waals surface area (Å²) in [7, 11) is 0. The Labute approximate surface area is 350 Å². The van der Waals surface area contributed by atoms with Crippen LogP contribution in [0.3, 0.4) is 0 Å². The van der Waals surface area contributed by atoms with Crippen LogP contribution in [0, 0.1) is 5.41 Å². The summed E-state index contributed by atoms with van der Waals surface area (Å²) in [6.07, 6.45) is 0.214. The highest BCUT2D eigenvalue weighted by Crippen LogP contribution is 2.26. The molecule has 61 heavy (non-hydrogen) atoms. The first-order valence-electron chi connectivity index (χ1n) is 19.8. The Morgan fingerprint density at radius 3 is 0.754 bits per heavy atom. The molecule has 320 valence electrons. The second-order valence-corrected chi connectivity index (χ2v) is 15.0. The lowest BCUT2D eigenvalue weighted by Gasteiger charge is -2.31. The maximum atomic E-state index is 13.5. The number of carbonyl (C=O) groups excluding carboxylic acids is 4. The third-order valence-corrected chi connectivity index (χ3v) is 9.75. The van der Waals surface area contributed by atoms with E-state index in [9.17, 15) is 19.2 Å². The molecule has 0 N–H and O–H groups in total. The van der Waals surface area contributed by atoms with Gasteiger partial charge in [-0.3, -0.25) is 0 Å². The molecule has 0 saturated carbocycles. The highest BCUT2D eigenvalue weighted by molar-refractivity contribution is 5.91. The van der Waals surface area contributed by atoms with Gasteiger partial charge in [0, 0.05) is 0 Å². The maximum Gasteiger partial charge on any atom is 0.338 e. The van der Waals surface area contributed by atoms with Gasteiger partial charge in [-0.05, 0) is 97.1 Å². The highest BCUT2D eigenvalue weighted by atomic mass is 16.6. The van der Waals surface area contributed by atoms with Crippen LogP contribution in [0.15, 0.2) is 97.1 Å². The second-order valence-electron chi connectivity index (χ2n) is 15.0. The number of carbonyl (C=O) groups is 4. The molecule has 0 spiro atoms. The van der Waals surface area contributed by atoms with Gasteiger partial charge in [0.1, 0.15) is 106 Å². The molecule has 4 aromatic carbocycles. The number of benzene rings is 4. The summed E-state index contributed by atoms with van der Waals surface area (Å²) in [5.74, 6) is -0.801. The van der Waals surface area contributed by atoms with Crippen molar-refractivity contribution in [2.45, 2.75) is 24.4 Å². The van der Waals surface area contributed by atoms with E-state index in [1.165, 1.54) is 48.5 Å². The van der Waals surface area contributed by atoms with Gasteiger partial charge in [0.25, 0.3) is 0 Å². The van der Waals surface area contributed by atoms with E-state index in [4.69, 9.17) is 56.8 Å². The summed E-state index contributed by atoms with van der Waals surface area (Å²) >= 11 is 0. The van der Waals surface area contributed by atoms with E-state index >= 15 is 0 Å². The van der Waals surface area contributed by atoms with Crippen LogP contribution < -0.4 is 18.9 Å². The summed E-state index contributed by atoms with van der Waals surface area (Å²) in [6.45, 7) is 2.10. The predicted octanol–water partition coefficient (Wildman–Crippen LogP) is 4.51. The van der Waals surface area contributed by atoms with Crippen LogP contribution >= 0.6 is 0 Å². The highest BCUT2D eigenvalue weighted by Gasteiger charge is 2.39. The van der Waals surface area contributed by atoms with Crippen LogP contribution in [0.2, 0.25) is 0 Å². The maximum absolute atomic E-state index is 13.5. The van der Waals surface area contributed by atoms with Crippen molar-refractivity contribution < 1.29 is 76.0 Å². The van der Waals surface area contributed by atoms with E-state index in [1.54, 1.807) is 48.5 Å². The Hall–Kier alpha value is -6.20. The van der Waals surface area contributed by atoms with Crippen molar-refractivity contribution in [3.05, 3.63) is 119 Å². The Bertz CT molecular complexity index is 1800. The standard InChI is InChI=1S/C45H44O16/c46-41(29-1-9-33(10-2-29)50-17-37-21-54-37)58-25-45(26-59-42(47)30-3-11-34(12-4-30)51-18-38-22-55-38,27-60-43(48)31-5-13-35(14-6-31)52-19-39-23-56-39)28-61-44(49)32-7-15-36(16-8-32)53-20-40-24-57-40/h1-16,37-40H,17-28H2. The van der Waals surface area contributed by atoms with Crippen molar-refractivity contribution >= 4 is 23.9 Å². The SMILES string of the molecule is O=C(OCC(COC(=O)c1ccc(OCC2CO2)cc1)(COC(=O)c1ccc(OCC2CO2)cc1)COC(=O)c1ccc(OCC2CO2)cc1)c1ccc(OCC2CO2)cc1. The molecule has 4 aliphatic heterocycles. The number of rotatable bonds is 24. The van der Waals surface area contributed by atoms with Gasteiger partial charge in [-0.25, -0.2) is 19.2 Å². The molecule has 0 aromatic heterocycles. The predicted molar refractivity (Wildman–Crippen MR) is 210 cm³/mol. The molecule has 4 heterocycles. The molecule has 4 saturated heterocycles. The van der Waals surface area contributed by atoms with E-state index in [-0.39, 0.29) is 46.7 Å². The normalized spacial score (nSPS) is 20.2. The zero-order valence-corrected chi connectivity index (χ0v) is 33.1. The molecular weight excluding hydrogens is 796 g/mol. The fourth-order valence-electron chi connectivity index (χ4n) is 5.62. The minimum Gasteiger partial charge on any atom is -0.491 e. The lowest BCUT2D eigenvalue weighted by atomic mass is 9.92. The van der Waals surface area contributed by atoms with E-state index in [0.717, 1.165) is 0 Å². The second kappa shape index (κ2) is 19.5. The fraction of sp³-hybridized carbons (Fsp3) is 0.378. The Kier molecular flexibility index (Phi) is 13.2. The minimum absolute atomic E-state index is 0.0534. The third-order valence-electron chi connectivity index (χ3n) is 9.75. The molecule has 4 fully saturated rings.